The number of aryl methyl sites for hydroxylation is 3. The first-order valence-corrected chi connectivity index (χ1v) is 19.3. The predicted molar refractivity (Wildman–Crippen MR) is 210 cm³/mol. The number of carbonyl (C=O) groups excluding carboxylic acids is 4. The molecular weight excluding hydrogens is 749 g/mol. The van der Waals surface area contributed by atoms with Crippen molar-refractivity contribution in [1.82, 2.24) is 9.44 Å². The second-order valence-corrected chi connectivity index (χ2v) is 15.3. The van der Waals surface area contributed by atoms with E-state index in [2.05, 4.69) is 31.9 Å². The van der Waals surface area contributed by atoms with E-state index < -0.39 is 54.0 Å². The van der Waals surface area contributed by atoms with Crippen LogP contribution in [0.3, 0.4) is 0 Å². The largest absolute Gasteiger partial charge is 0.333 e. The average molecular weight is 785 g/mol. The summed E-state index contributed by atoms with van der Waals surface area (Å²) in [6, 6.07) is 25.3. The Bertz CT molecular complexity index is 2480. The number of carbonyl (C=O) groups is 4. The molecule has 0 unspecified atom stereocenters. The van der Waals surface area contributed by atoms with Gasteiger partial charge in [-0.2, -0.15) is 0 Å². The maximum atomic E-state index is 13.3. The molecule has 0 aliphatic carbocycles. The molecule has 0 radical (unpaired) electrons. The van der Waals surface area contributed by atoms with Gasteiger partial charge in [-0.25, -0.2) is 45.5 Å². The van der Waals surface area contributed by atoms with Gasteiger partial charge in [0.15, 0.2) is 0 Å². The van der Waals surface area contributed by atoms with Gasteiger partial charge in [-0.15, -0.1) is 0 Å². The number of urea groups is 4. The maximum Gasteiger partial charge on any atom is 0.333 e. The van der Waals surface area contributed by atoms with Gasteiger partial charge >= 0.3 is 24.1 Å². The molecule has 0 bridgehead atoms. The van der Waals surface area contributed by atoms with E-state index in [0.717, 1.165) is 11.1 Å². The van der Waals surface area contributed by atoms with Gasteiger partial charge < -0.3 is 31.9 Å². The van der Waals surface area contributed by atoms with Crippen molar-refractivity contribution in [3.63, 3.8) is 0 Å². The molecule has 8 amide bonds. The summed E-state index contributed by atoms with van der Waals surface area (Å²) in [4.78, 5) is 50.3. The lowest BCUT2D eigenvalue weighted by Crippen LogP contribution is -2.35. The zero-order chi connectivity index (χ0) is 39.8. The SMILES string of the molecule is Cc1ccc(NC(=O)Nc2ccccc2S(=O)(=O)NC(=O)Nc2ccc(C)c(NC(=O)NS(=O)(=O)c3ccccc3NC(=O)Nc3ccc(C)cc3)c2)cc1. The van der Waals surface area contributed by atoms with Gasteiger partial charge in [0.25, 0.3) is 20.0 Å². The van der Waals surface area contributed by atoms with E-state index in [-0.39, 0.29) is 22.7 Å². The van der Waals surface area contributed by atoms with Crippen molar-refractivity contribution in [3.8, 4) is 0 Å². The Balaban J connectivity index is 1.21. The molecular formula is C37H36N8O8S2. The number of anilines is 6. The molecule has 0 saturated carbocycles. The van der Waals surface area contributed by atoms with E-state index in [4.69, 9.17) is 0 Å². The summed E-state index contributed by atoms with van der Waals surface area (Å²) in [7, 11) is -9.06. The van der Waals surface area contributed by atoms with Gasteiger partial charge in [0.05, 0.1) is 11.4 Å². The highest BCUT2D eigenvalue weighted by Gasteiger charge is 2.24. The van der Waals surface area contributed by atoms with Crippen molar-refractivity contribution in [1.29, 1.82) is 0 Å². The molecule has 0 fully saturated rings. The highest BCUT2D eigenvalue weighted by atomic mass is 32.2. The third-order valence-electron chi connectivity index (χ3n) is 7.67. The van der Waals surface area contributed by atoms with Crippen molar-refractivity contribution in [2.24, 2.45) is 0 Å². The van der Waals surface area contributed by atoms with Crippen LogP contribution >= 0.6 is 0 Å². The Labute approximate surface area is 317 Å². The van der Waals surface area contributed by atoms with E-state index in [0.29, 0.717) is 16.9 Å². The van der Waals surface area contributed by atoms with Crippen molar-refractivity contribution in [2.75, 3.05) is 31.9 Å². The Morgan fingerprint density at radius 2 is 0.764 bits per heavy atom. The van der Waals surface area contributed by atoms with Gasteiger partial charge in [-0.1, -0.05) is 65.7 Å². The number of benzene rings is 5. The fourth-order valence-corrected chi connectivity index (χ4v) is 7.09. The minimum atomic E-state index is -4.53. The van der Waals surface area contributed by atoms with E-state index >= 15 is 0 Å². The number of para-hydroxylation sites is 2. The number of hydrogen-bond acceptors (Lipinski definition) is 8. The lowest BCUT2D eigenvalue weighted by Gasteiger charge is -2.15. The second-order valence-electron chi connectivity index (χ2n) is 12.0. The van der Waals surface area contributed by atoms with Crippen LogP contribution in [0.15, 0.2) is 125 Å². The highest BCUT2D eigenvalue weighted by molar-refractivity contribution is 7.90. The molecule has 5 aromatic carbocycles. The quantitative estimate of drug-likeness (QED) is 0.0739. The van der Waals surface area contributed by atoms with Crippen molar-refractivity contribution < 1.29 is 36.0 Å². The van der Waals surface area contributed by atoms with E-state index in [1.165, 1.54) is 66.7 Å². The fourth-order valence-electron chi connectivity index (χ4n) is 4.94. The number of sulfonamides is 2. The van der Waals surface area contributed by atoms with Crippen molar-refractivity contribution in [2.45, 2.75) is 30.6 Å². The average Bonchev–Trinajstić information content (AvgIpc) is 3.11. The fraction of sp³-hybridized carbons (Fsp3) is 0.0811. The molecule has 0 atom stereocenters. The highest BCUT2D eigenvalue weighted by Crippen LogP contribution is 2.25. The zero-order valence-electron chi connectivity index (χ0n) is 29.6. The van der Waals surface area contributed by atoms with E-state index in [9.17, 15) is 36.0 Å². The first kappa shape index (κ1) is 39.3. The number of amides is 8. The molecule has 0 heterocycles. The van der Waals surface area contributed by atoms with Gasteiger partial charge in [0.1, 0.15) is 9.79 Å². The molecule has 0 aliphatic rings. The lowest BCUT2D eigenvalue weighted by atomic mass is 10.2. The van der Waals surface area contributed by atoms with Gasteiger partial charge in [-0.05, 0) is 87.0 Å². The summed E-state index contributed by atoms with van der Waals surface area (Å²) in [5.74, 6) is 0. The minimum absolute atomic E-state index is 0.0366. The molecule has 55 heavy (non-hydrogen) atoms. The topological polar surface area (TPSA) is 233 Å². The second kappa shape index (κ2) is 16.8. The van der Waals surface area contributed by atoms with Crippen LogP contribution in [0.5, 0.6) is 0 Å². The van der Waals surface area contributed by atoms with Crippen LogP contribution in [0.1, 0.15) is 16.7 Å². The normalized spacial score (nSPS) is 11.0. The van der Waals surface area contributed by atoms with Crippen LogP contribution in [0.2, 0.25) is 0 Å². The molecule has 5 aromatic rings. The van der Waals surface area contributed by atoms with Crippen LogP contribution in [0.4, 0.5) is 53.3 Å². The summed E-state index contributed by atoms with van der Waals surface area (Å²) >= 11 is 0. The number of rotatable bonds is 10. The first-order valence-electron chi connectivity index (χ1n) is 16.3. The molecule has 0 aromatic heterocycles. The van der Waals surface area contributed by atoms with Gasteiger partial charge in [-0.3, -0.25) is 0 Å². The van der Waals surface area contributed by atoms with Crippen LogP contribution in [-0.2, 0) is 20.0 Å². The molecule has 0 spiro atoms. The molecule has 284 valence electrons. The van der Waals surface area contributed by atoms with Gasteiger partial charge in [0.2, 0.25) is 0 Å². The van der Waals surface area contributed by atoms with Crippen LogP contribution in [-0.4, -0.2) is 41.0 Å². The summed E-state index contributed by atoms with van der Waals surface area (Å²) in [5.41, 5.74) is 3.30. The first-order chi connectivity index (χ1) is 26.1. The molecule has 0 saturated heterocycles. The summed E-state index contributed by atoms with van der Waals surface area (Å²) in [6.45, 7) is 5.37. The Morgan fingerprint density at radius 3 is 1.22 bits per heavy atom. The minimum Gasteiger partial charge on any atom is -0.308 e. The summed E-state index contributed by atoms with van der Waals surface area (Å²) in [5, 5.41) is 14.9. The number of hydrogen-bond donors (Lipinski definition) is 8. The summed E-state index contributed by atoms with van der Waals surface area (Å²) in [6.07, 6.45) is 0. The van der Waals surface area contributed by atoms with Crippen molar-refractivity contribution >= 4 is 78.3 Å². The van der Waals surface area contributed by atoms with Gasteiger partial charge in [0, 0.05) is 22.7 Å². The van der Waals surface area contributed by atoms with Crippen molar-refractivity contribution in [3.05, 3.63) is 132 Å². The van der Waals surface area contributed by atoms with Crippen LogP contribution in [0, 0.1) is 20.8 Å². The molecule has 0 aliphatic heterocycles. The maximum absolute atomic E-state index is 13.3. The van der Waals surface area contributed by atoms with E-state index in [1.54, 1.807) is 55.5 Å². The number of nitrogens with one attached hydrogen (secondary N) is 8. The molecule has 16 nitrogen and oxygen atoms in total. The smallest absolute Gasteiger partial charge is 0.308 e. The molecule has 8 N–H and O–H groups in total. The Kier molecular flexibility index (Phi) is 12.0. The Hall–Kier alpha value is -6.92. The summed E-state index contributed by atoms with van der Waals surface area (Å²) < 4.78 is 56.8. The molecule has 5 rings (SSSR count). The van der Waals surface area contributed by atoms with E-state index in [1.807, 2.05) is 23.3 Å². The third-order valence-corrected chi connectivity index (χ3v) is 10.4. The standard InChI is InChI=1S/C37H36N8O8S2/c1-23-12-17-26(18-13-23)38-34(46)41-29-8-4-6-10-32(29)54(50,51)44-36(48)40-28-21-16-25(3)31(22-28)43-37(49)45-55(52,53)33-11-7-5-9-30(33)42-35(47)39-27-19-14-24(2)15-20-27/h4-22H,1-3H3,(H2,38,41,46)(H2,39,42,47)(H2,40,44,48)(H2,43,45,49). The zero-order valence-corrected chi connectivity index (χ0v) is 31.2. The Morgan fingerprint density at radius 1 is 0.400 bits per heavy atom. The predicted octanol–water partition coefficient (Wildman–Crippen LogP) is 6.92. The lowest BCUT2D eigenvalue weighted by molar-refractivity contribution is 0.255. The monoisotopic (exact) mass is 784 g/mol. The molecule has 18 heteroatoms. The third kappa shape index (κ3) is 10.8. The van der Waals surface area contributed by atoms with Crippen LogP contribution < -0.4 is 41.3 Å². The van der Waals surface area contributed by atoms with Crippen LogP contribution in [0.25, 0.3) is 0 Å².